The second kappa shape index (κ2) is 10.8. The van der Waals surface area contributed by atoms with Crippen LogP contribution < -0.4 is 10.1 Å². The summed E-state index contributed by atoms with van der Waals surface area (Å²) in [5.74, 6) is -2.72. The van der Waals surface area contributed by atoms with Crippen molar-refractivity contribution in [3.63, 3.8) is 0 Å². The fourth-order valence-corrected chi connectivity index (χ4v) is 4.41. The molecule has 0 radical (unpaired) electrons. The third-order valence-electron chi connectivity index (χ3n) is 4.88. The Bertz CT molecular complexity index is 1330. The molecule has 10 heteroatoms. The minimum atomic E-state index is -0.968. The molecule has 1 heterocycles. The van der Waals surface area contributed by atoms with Crippen molar-refractivity contribution in [3.05, 3.63) is 98.9 Å². The van der Waals surface area contributed by atoms with E-state index in [1.807, 2.05) is 30.3 Å². The van der Waals surface area contributed by atoms with E-state index in [0.29, 0.717) is 35.7 Å². The van der Waals surface area contributed by atoms with Crippen molar-refractivity contribution in [1.29, 1.82) is 0 Å². The van der Waals surface area contributed by atoms with Crippen LogP contribution in [0.25, 0.3) is 6.08 Å². The molecule has 1 aliphatic rings. The molecule has 0 aromatic heterocycles. The number of thioether (sulfide) groups is 1. The summed E-state index contributed by atoms with van der Waals surface area (Å²) in [5.41, 5.74) is 1.28. The monoisotopic (exact) mass is 558 g/mol. The average molecular weight is 559 g/mol. The minimum Gasteiger partial charge on any atom is -0.488 e. The van der Waals surface area contributed by atoms with Crippen LogP contribution >= 0.6 is 27.7 Å². The van der Waals surface area contributed by atoms with E-state index in [9.17, 15) is 23.2 Å². The van der Waals surface area contributed by atoms with E-state index < -0.39 is 35.2 Å². The van der Waals surface area contributed by atoms with Gasteiger partial charge in [-0.3, -0.25) is 19.3 Å². The molecule has 0 saturated carbocycles. The van der Waals surface area contributed by atoms with E-state index in [1.54, 1.807) is 18.2 Å². The van der Waals surface area contributed by atoms with E-state index >= 15 is 0 Å². The molecule has 0 bridgehead atoms. The summed E-state index contributed by atoms with van der Waals surface area (Å²) in [7, 11) is 0. The minimum absolute atomic E-state index is 0.110. The molecule has 3 aromatic carbocycles. The Morgan fingerprint density at radius 1 is 1.06 bits per heavy atom. The van der Waals surface area contributed by atoms with Gasteiger partial charge in [0.25, 0.3) is 11.1 Å². The molecule has 1 aliphatic heterocycles. The lowest BCUT2D eigenvalue weighted by atomic mass is 10.1. The molecular weight excluding hydrogens is 542 g/mol. The number of ether oxygens (including phenoxy) is 1. The fourth-order valence-electron chi connectivity index (χ4n) is 3.20. The first kappa shape index (κ1) is 24.6. The second-order valence-electron chi connectivity index (χ2n) is 7.40. The number of carbonyl (C=O) groups is 3. The zero-order valence-corrected chi connectivity index (χ0v) is 20.4. The average Bonchev–Trinajstić information content (AvgIpc) is 3.08. The Hall–Kier alpha value is -3.50. The summed E-state index contributed by atoms with van der Waals surface area (Å²) in [5, 5.41) is 1.60. The topological polar surface area (TPSA) is 75.7 Å². The molecule has 1 N–H and O–H groups in total. The highest BCUT2D eigenvalue weighted by molar-refractivity contribution is 9.10. The van der Waals surface area contributed by atoms with Crippen LogP contribution in [0.1, 0.15) is 11.1 Å². The Morgan fingerprint density at radius 2 is 1.83 bits per heavy atom. The number of amides is 3. The molecule has 3 amide bonds. The first-order chi connectivity index (χ1) is 16.8. The Morgan fingerprint density at radius 3 is 2.57 bits per heavy atom. The number of benzene rings is 3. The predicted molar refractivity (Wildman–Crippen MR) is 133 cm³/mol. The fraction of sp³-hybridized carbons (Fsp3) is 0.0800. The quantitative estimate of drug-likeness (QED) is 0.361. The van der Waals surface area contributed by atoms with Crippen LogP contribution in [0.4, 0.5) is 19.3 Å². The molecule has 1 saturated heterocycles. The van der Waals surface area contributed by atoms with Crippen molar-refractivity contribution < 1.29 is 27.9 Å². The van der Waals surface area contributed by atoms with Crippen molar-refractivity contribution in [3.8, 4) is 5.75 Å². The smallest absolute Gasteiger partial charge is 0.294 e. The van der Waals surface area contributed by atoms with Crippen molar-refractivity contribution in [2.45, 2.75) is 6.61 Å². The number of nitrogens with zero attached hydrogens (tertiary/aromatic N) is 1. The van der Waals surface area contributed by atoms with Gasteiger partial charge in [0.1, 0.15) is 30.5 Å². The molecule has 0 unspecified atom stereocenters. The number of halogens is 3. The molecular formula is C25H17BrF2N2O4S. The van der Waals surface area contributed by atoms with Crippen LogP contribution in [0, 0.1) is 11.6 Å². The number of hydrogen-bond acceptors (Lipinski definition) is 5. The maximum atomic E-state index is 13.8. The molecule has 178 valence electrons. The number of nitrogens with one attached hydrogen (secondary N) is 1. The molecule has 0 spiro atoms. The van der Waals surface area contributed by atoms with Crippen LogP contribution in [0.5, 0.6) is 5.75 Å². The number of anilines is 1. The van der Waals surface area contributed by atoms with Crippen molar-refractivity contribution in [1.82, 2.24) is 4.90 Å². The van der Waals surface area contributed by atoms with Crippen LogP contribution in [0.15, 0.2) is 76.1 Å². The highest BCUT2D eigenvalue weighted by Crippen LogP contribution is 2.35. The van der Waals surface area contributed by atoms with E-state index in [1.165, 1.54) is 6.08 Å². The second-order valence-corrected chi connectivity index (χ2v) is 9.31. The lowest BCUT2D eigenvalue weighted by molar-refractivity contribution is -0.127. The van der Waals surface area contributed by atoms with Gasteiger partial charge in [-0.1, -0.05) is 46.3 Å². The zero-order valence-electron chi connectivity index (χ0n) is 18.0. The summed E-state index contributed by atoms with van der Waals surface area (Å²) in [4.78, 5) is 38.5. The summed E-state index contributed by atoms with van der Waals surface area (Å²) >= 11 is 4.08. The third kappa shape index (κ3) is 6.14. The molecule has 6 nitrogen and oxygen atoms in total. The molecule has 3 aromatic rings. The lowest BCUT2D eigenvalue weighted by Crippen LogP contribution is -2.36. The molecule has 4 rings (SSSR count). The first-order valence-corrected chi connectivity index (χ1v) is 11.9. The van der Waals surface area contributed by atoms with E-state index in [-0.39, 0.29) is 10.6 Å². The Labute approximate surface area is 212 Å². The Kier molecular flexibility index (Phi) is 7.62. The summed E-state index contributed by atoms with van der Waals surface area (Å²) in [6.07, 6.45) is 1.52. The number of hydrogen-bond donors (Lipinski definition) is 1. The van der Waals surface area contributed by atoms with Crippen molar-refractivity contribution in [2.75, 3.05) is 11.9 Å². The van der Waals surface area contributed by atoms with Crippen molar-refractivity contribution >= 4 is 56.5 Å². The van der Waals surface area contributed by atoms with Gasteiger partial charge in [0.15, 0.2) is 0 Å². The van der Waals surface area contributed by atoms with Gasteiger partial charge in [-0.25, -0.2) is 8.78 Å². The predicted octanol–water partition coefficient (Wildman–Crippen LogP) is 5.98. The van der Waals surface area contributed by atoms with Crippen LogP contribution in [-0.4, -0.2) is 28.5 Å². The number of imide groups is 1. The van der Waals surface area contributed by atoms with Gasteiger partial charge in [0, 0.05) is 16.1 Å². The van der Waals surface area contributed by atoms with Gasteiger partial charge in [-0.2, -0.15) is 0 Å². The largest absolute Gasteiger partial charge is 0.488 e. The third-order valence-corrected chi connectivity index (χ3v) is 6.28. The number of rotatable bonds is 7. The molecule has 0 atom stereocenters. The maximum Gasteiger partial charge on any atom is 0.294 e. The lowest BCUT2D eigenvalue weighted by Gasteiger charge is -2.13. The highest BCUT2D eigenvalue weighted by Gasteiger charge is 2.36. The standard InChI is InChI=1S/C25H17BrF2N2O4S/c26-17-6-9-21(34-14-15-4-2-1-3-5-15)16(10-17)11-22-24(32)30(25(33)35-22)13-23(31)29-20-8-7-18(27)12-19(20)28/h1-12H,13-14H2,(H,29,31)/b22-11-. The molecule has 0 aliphatic carbocycles. The SMILES string of the molecule is O=C(CN1C(=O)S/C(=C\c2cc(Br)ccc2OCc2ccccc2)C1=O)Nc1ccc(F)cc1F. The van der Waals surface area contributed by atoms with Gasteiger partial charge < -0.3 is 10.1 Å². The normalized spacial score (nSPS) is 14.5. The van der Waals surface area contributed by atoms with Gasteiger partial charge >= 0.3 is 0 Å². The molecule has 1 fully saturated rings. The van der Waals surface area contributed by atoms with Gasteiger partial charge in [-0.15, -0.1) is 0 Å². The van der Waals surface area contributed by atoms with Crippen LogP contribution in [-0.2, 0) is 16.2 Å². The Balaban J connectivity index is 1.48. The van der Waals surface area contributed by atoms with Gasteiger partial charge in [-0.05, 0) is 53.7 Å². The van der Waals surface area contributed by atoms with Crippen LogP contribution in [0.2, 0.25) is 0 Å². The van der Waals surface area contributed by atoms with Gasteiger partial charge in [0.05, 0.1) is 10.6 Å². The maximum absolute atomic E-state index is 13.8. The number of carbonyl (C=O) groups excluding carboxylic acids is 3. The van der Waals surface area contributed by atoms with Crippen LogP contribution in [0.3, 0.4) is 0 Å². The first-order valence-electron chi connectivity index (χ1n) is 10.3. The van der Waals surface area contributed by atoms with E-state index in [2.05, 4.69) is 21.2 Å². The summed E-state index contributed by atoms with van der Waals surface area (Å²) in [6, 6.07) is 17.5. The summed E-state index contributed by atoms with van der Waals surface area (Å²) < 4.78 is 33.5. The van der Waals surface area contributed by atoms with Crippen molar-refractivity contribution in [2.24, 2.45) is 0 Å². The van der Waals surface area contributed by atoms with E-state index in [0.717, 1.165) is 27.1 Å². The summed E-state index contributed by atoms with van der Waals surface area (Å²) in [6.45, 7) is -0.306. The highest BCUT2D eigenvalue weighted by atomic mass is 79.9. The zero-order chi connectivity index (χ0) is 24.9. The van der Waals surface area contributed by atoms with E-state index in [4.69, 9.17) is 4.74 Å². The van der Waals surface area contributed by atoms with Gasteiger partial charge in [0.2, 0.25) is 5.91 Å². The molecule has 35 heavy (non-hydrogen) atoms.